The van der Waals surface area contributed by atoms with E-state index in [-0.39, 0.29) is 36.3 Å². The van der Waals surface area contributed by atoms with E-state index in [1.807, 2.05) is 25.8 Å². The Labute approximate surface area is 150 Å². The number of guanidine groups is 1. The maximum Gasteiger partial charge on any atom is 0.210 e. The molecule has 0 saturated heterocycles. The number of aliphatic imine (C=N–C) groups is 1. The molecule has 0 fully saturated rings. The quantitative estimate of drug-likeness (QED) is 0.397. The Morgan fingerprint density at radius 3 is 2.41 bits per heavy atom. The molecule has 6 nitrogen and oxygen atoms in total. The van der Waals surface area contributed by atoms with E-state index < -0.39 is 10.0 Å². The number of sulfonamides is 1. The van der Waals surface area contributed by atoms with Crippen LogP contribution in [0.25, 0.3) is 0 Å². The zero-order chi connectivity index (χ0) is 15.9. The van der Waals surface area contributed by atoms with Gasteiger partial charge in [0.05, 0.1) is 12.3 Å². The lowest BCUT2D eigenvalue weighted by Gasteiger charge is -2.22. The third-order valence-electron chi connectivity index (χ3n) is 2.87. The number of nitrogens with zero attached hydrogens (tertiary/aromatic N) is 2. The fourth-order valence-corrected chi connectivity index (χ4v) is 2.14. The van der Waals surface area contributed by atoms with Crippen molar-refractivity contribution in [3.63, 3.8) is 0 Å². The van der Waals surface area contributed by atoms with Crippen LogP contribution >= 0.6 is 24.0 Å². The number of primary sulfonamides is 1. The zero-order valence-corrected chi connectivity index (χ0v) is 16.4. The van der Waals surface area contributed by atoms with Gasteiger partial charge in [0.25, 0.3) is 0 Å². The van der Waals surface area contributed by atoms with Crippen LogP contribution in [0.2, 0.25) is 0 Å². The first-order valence-electron chi connectivity index (χ1n) is 6.87. The predicted octanol–water partition coefficient (Wildman–Crippen LogP) is 1.30. The summed E-state index contributed by atoms with van der Waals surface area (Å²) in [6, 6.07) is 8.27. The molecule has 0 saturated carbocycles. The van der Waals surface area contributed by atoms with Crippen molar-refractivity contribution >= 4 is 40.0 Å². The lowest BCUT2D eigenvalue weighted by atomic mass is 10.1. The zero-order valence-electron chi connectivity index (χ0n) is 13.2. The van der Waals surface area contributed by atoms with E-state index in [1.54, 1.807) is 0 Å². The largest absolute Gasteiger partial charge is 0.357 e. The highest BCUT2D eigenvalue weighted by Crippen LogP contribution is 2.06. The highest BCUT2D eigenvalue weighted by atomic mass is 127. The molecule has 0 bridgehead atoms. The molecule has 0 aliphatic rings. The highest BCUT2D eigenvalue weighted by molar-refractivity contribution is 14.0. The van der Waals surface area contributed by atoms with E-state index in [0.717, 1.165) is 0 Å². The van der Waals surface area contributed by atoms with E-state index in [2.05, 4.69) is 34.6 Å². The SMILES string of the molecule is CCNC(=NCCS(N)(=O)=O)N(C)Cc1ccc(C)cc1.I. The first-order chi connectivity index (χ1) is 9.81. The second-order valence-electron chi connectivity index (χ2n) is 4.94. The van der Waals surface area contributed by atoms with E-state index in [0.29, 0.717) is 19.0 Å². The summed E-state index contributed by atoms with van der Waals surface area (Å²) in [5, 5.41) is 8.12. The van der Waals surface area contributed by atoms with Crippen molar-refractivity contribution in [2.75, 3.05) is 25.9 Å². The molecule has 0 atom stereocenters. The minimum atomic E-state index is -3.48. The van der Waals surface area contributed by atoms with Gasteiger partial charge in [-0.05, 0) is 19.4 Å². The minimum Gasteiger partial charge on any atom is -0.357 e. The first kappa shape index (κ1) is 21.1. The van der Waals surface area contributed by atoms with Crippen molar-refractivity contribution in [2.24, 2.45) is 10.1 Å². The van der Waals surface area contributed by atoms with Crippen LogP contribution in [0.1, 0.15) is 18.1 Å². The van der Waals surface area contributed by atoms with E-state index >= 15 is 0 Å². The van der Waals surface area contributed by atoms with Crippen LogP contribution in [0.3, 0.4) is 0 Å². The molecule has 0 unspecified atom stereocenters. The van der Waals surface area contributed by atoms with E-state index in [9.17, 15) is 8.42 Å². The number of benzene rings is 1. The van der Waals surface area contributed by atoms with Gasteiger partial charge in [0.2, 0.25) is 10.0 Å². The fraction of sp³-hybridized carbons (Fsp3) is 0.500. The van der Waals surface area contributed by atoms with Crippen molar-refractivity contribution in [2.45, 2.75) is 20.4 Å². The Morgan fingerprint density at radius 2 is 1.91 bits per heavy atom. The van der Waals surface area contributed by atoms with Crippen molar-refractivity contribution in [1.29, 1.82) is 0 Å². The Kier molecular flexibility index (Phi) is 9.61. The molecule has 0 aromatic heterocycles. The van der Waals surface area contributed by atoms with Gasteiger partial charge in [-0.1, -0.05) is 29.8 Å². The molecule has 1 aromatic rings. The Balaban J connectivity index is 0.00000441. The van der Waals surface area contributed by atoms with Crippen LogP contribution in [0.15, 0.2) is 29.3 Å². The summed E-state index contributed by atoms with van der Waals surface area (Å²) in [7, 11) is -1.56. The molecule has 22 heavy (non-hydrogen) atoms. The fourth-order valence-electron chi connectivity index (χ4n) is 1.79. The number of hydrogen-bond donors (Lipinski definition) is 2. The van der Waals surface area contributed by atoms with Gasteiger partial charge in [-0.3, -0.25) is 4.99 Å². The number of hydrogen-bond acceptors (Lipinski definition) is 3. The van der Waals surface area contributed by atoms with Gasteiger partial charge in [0.15, 0.2) is 5.96 Å². The minimum absolute atomic E-state index is 0. The molecule has 0 radical (unpaired) electrons. The second kappa shape index (κ2) is 10.0. The standard InChI is InChI=1S/C14H24N4O2S.HI/c1-4-16-14(17-9-10-21(15,19)20)18(3)11-13-7-5-12(2)6-8-13;/h5-8H,4,9-11H2,1-3H3,(H,16,17)(H2,15,19,20);1H. The Morgan fingerprint density at radius 1 is 1.32 bits per heavy atom. The van der Waals surface area contributed by atoms with Gasteiger partial charge in [-0.2, -0.15) is 0 Å². The average Bonchev–Trinajstić information content (AvgIpc) is 2.39. The summed E-state index contributed by atoms with van der Waals surface area (Å²) in [5.74, 6) is 0.516. The number of rotatable bonds is 6. The maximum atomic E-state index is 10.9. The highest BCUT2D eigenvalue weighted by Gasteiger charge is 2.07. The third-order valence-corrected chi connectivity index (χ3v) is 3.63. The molecule has 0 aliphatic carbocycles. The molecular formula is C14H25IN4O2S. The summed E-state index contributed by atoms with van der Waals surface area (Å²) >= 11 is 0. The van der Waals surface area contributed by atoms with Gasteiger partial charge in [-0.25, -0.2) is 13.6 Å². The topological polar surface area (TPSA) is 87.8 Å². The summed E-state index contributed by atoms with van der Waals surface area (Å²) in [6.45, 7) is 5.58. The van der Waals surface area contributed by atoms with Crippen LogP contribution in [0, 0.1) is 6.92 Å². The van der Waals surface area contributed by atoms with E-state index in [1.165, 1.54) is 11.1 Å². The number of halogens is 1. The van der Waals surface area contributed by atoms with Crippen molar-refractivity contribution < 1.29 is 8.42 Å². The van der Waals surface area contributed by atoms with Crippen molar-refractivity contribution in [3.8, 4) is 0 Å². The number of nitrogens with one attached hydrogen (secondary N) is 1. The summed E-state index contributed by atoms with van der Waals surface area (Å²) in [6.07, 6.45) is 0. The molecule has 0 aliphatic heterocycles. The Bertz CT molecular complexity index is 573. The lowest BCUT2D eigenvalue weighted by molar-refractivity contribution is 0.477. The lowest BCUT2D eigenvalue weighted by Crippen LogP contribution is -2.39. The van der Waals surface area contributed by atoms with Crippen molar-refractivity contribution in [3.05, 3.63) is 35.4 Å². The molecule has 0 heterocycles. The molecule has 1 aromatic carbocycles. The average molecular weight is 440 g/mol. The van der Waals surface area contributed by atoms with Crippen LogP contribution < -0.4 is 10.5 Å². The number of nitrogens with two attached hydrogens (primary N) is 1. The number of aryl methyl sites for hydroxylation is 1. The van der Waals surface area contributed by atoms with Gasteiger partial charge in [0, 0.05) is 20.1 Å². The summed E-state index contributed by atoms with van der Waals surface area (Å²) < 4.78 is 21.9. The van der Waals surface area contributed by atoms with Gasteiger partial charge >= 0.3 is 0 Å². The van der Waals surface area contributed by atoms with Crippen molar-refractivity contribution in [1.82, 2.24) is 10.2 Å². The second-order valence-corrected chi connectivity index (χ2v) is 6.68. The van der Waals surface area contributed by atoms with Crippen LogP contribution in [0.5, 0.6) is 0 Å². The summed E-state index contributed by atoms with van der Waals surface area (Å²) in [5.41, 5.74) is 2.38. The monoisotopic (exact) mass is 440 g/mol. The first-order valence-corrected chi connectivity index (χ1v) is 8.59. The Hall–Kier alpha value is -0.870. The van der Waals surface area contributed by atoms with Gasteiger partial charge in [0.1, 0.15) is 0 Å². The van der Waals surface area contributed by atoms with Crippen LogP contribution in [0.4, 0.5) is 0 Å². The molecule has 0 spiro atoms. The summed E-state index contributed by atoms with van der Waals surface area (Å²) in [4.78, 5) is 6.24. The third kappa shape index (κ3) is 8.54. The predicted molar refractivity (Wildman–Crippen MR) is 102 cm³/mol. The molecule has 8 heteroatoms. The van der Waals surface area contributed by atoms with Gasteiger partial charge in [-0.15, -0.1) is 24.0 Å². The van der Waals surface area contributed by atoms with E-state index in [4.69, 9.17) is 5.14 Å². The van der Waals surface area contributed by atoms with Gasteiger partial charge < -0.3 is 10.2 Å². The van der Waals surface area contributed by atoms with Crippen LogP contribution in [-0.4, -0.2) is 45.2 Å². The molecule has 3 N–H and O–H groups in total. The smallest absolute Gasteiger partial charge is 0.210 e. The normalized spacial score (nSPS) is 11.7. The molecule has 1 rings (SSSR count). The van der Waals surface area contributed by atoms with Crippen LogP contribution in [-0.2, 0) is 16.6 Å². The molecule has 0 amide bonds. The molecule has 126 valence electrons. The maximum absolute atomic E-state index is 10.9. The molecular weight excluding hydrogens is 415 g/mol.